The molecule has 0 spiro atoms. The summed E-state index contributed by atoms with van der Waals surface area (Å²) in [7, 11) is -5.31. The van der Waals surface area contributed by atoms with E-state index in [0.29, 0.717) is 0 Å². The summed E-state index contributed by atoms with van der Waals surface area (Å²) in [6, 6.07) is 2.24. The molecule has 0 amide bonds. The third kappa shape index (κ3) is 9.98. The van der Waals surface area contributed by atoms with E-state index >= 15 is 0 Å². The second-order valence-electron chi connectivity index (χ2n) is 7.05. The molecule has 0 atom stereocenters. The average molecular weight is 323 g/mol. The third-order valence-electron chi connectivity index (χ3n) is 3.11. The molecule has 0 saturated carbocycles. The Labute approximate surface area is 123 Å². The van der Waals surface area contributed by atoms with E-state index in [9.17, 15) is 0 Å². The molecule has 1 N–H and O–H groups in total. The van der Waals surface area contributed by atoms with Gasteiger partial charge >= 0.3 is 8.56 Å². The highest BCUT2D eigenvalue weighted by atomic mass is 28.5. The SMILES string of the molecule is CCCC[Si](C)(C)O[Si](C)(C)O[Si](C)(C)CCCO. The van der Waals surface area contributed by atoms with Crippen LogP contribution in [0.5, 0.6) is 0 Å². The summed E-state index contributed by atoms with van der Waals surface area (Å²) in [5.74, 6) is 0. The fraction of sp³-hybridized carbons (Fsp3) is 1.00. The molecule has 0 aromatic rings. The Hall–Kier alpha value is 0.531. The van der Waals surface area contributed by atoms with Gasteiger partial charge in [-0.05, 0) is 57.8 Å². The minimum Gasteiger partial charge on any atom is -0.437 e. The van der Waals surface area contributed by atoms with Crippen LogP contribution in [0, 0.1) is 0 Å². The first-order chi connectivity index (χ1) is 8.54. The Morgan fingerprint density at radius 2 is 1.21 bits per heavy atom. The molecular weight excluding hydrogens is 288 g/mol. The van der Waals surface area contributed by atoms with Gasteiger partial charge < -0.3 is 13.3 Å². The number of aliphatic hydroxyl groups is 1. The van der Waals surface area contributed by atoms with Gasteiger partial charge in [0.2, 0.25) is 0 Å². The van der Waals surface area contributed by atoms with Crippen molar-refractivity contribution in [1.29, 1.82) is 0 Å². The highest BCUT2D eigenvalue weighted by Crippen LogP contribution is 2.26. The van der Waals surface area contributed by atoms with E-state index < -0.39 is 25.2 Å². The lowest BCUT2D eigenvalue weighted by Crippen LogP contribution is -2.52. The Bertz CT molecular complexity index is 232. The van der Waals surface area contributed by atoms with Crippen LogP contribution in [-0.2, 0) is 8.23 Å². The number of hydrogen-bond acceptors (Lipinski definition) is 3. The topological polar surface area (TPSA) is 38.7 Å². The zero-order chi connectivity index (χ0) is 15.2. The minimum atomic E-state index is -2.03. The van der Waals surface area contributed by atoms with E-state index in [1.54, 1.807) is 0 Å². The molecule has 0 bridgehead atoms. The van der Waals surface area contributed by atoms with Crippen molar-refractivity contribution >= 4 is 25.2 Å². The molecule has 0 aliphatic heterocycles. The fourth-order valence-corrected chi connectivity index (χ4v) is 16.8. The van der Waals surface area contributed by atoms with Crippen molar-refractivity contribution in [2.24, 2.45) is 0 Å². The Morgan fingerprint density at radius 1 is 0.789 bits per heavy atom. The normalized spacial score (nSPS) is 13.9. The first-order valence-corrected chi connectivity index (χ1v) is 16.6. The van der Waals surface area contributed by atoms with Gasteiger partial charge in [-0.1, -0.05) is 19.8 Å². The first kappa shape index (κ1) is 19.5. The van der Waals surface area contributed by atoms with Crippen LogP contribution in [0.25, 0.3) is 0 Å². The Morgan fingerprint density at radius 3 is 1.58 bits per heavy atom. The highest BCUT2D eigenvalue weighted by Gasteiger charge is 2.38. The lowest BCUT2D eigenvalue weighted by atomic mass is 10.4. The van der Waals surface area contributed by atoms with Gasteiger partial charge in [0.15, 0.2) is 16.6 Å². The van der Waals surface area contributed by atoms with Crippen LogP contribution in [0.4, 0.5) is 0 Å². The molecule has 0 rings (SSSR count). The summed E-state index contributed by atoms with van der Waals surface area (Å²) in [6.07, 6.45) is 3.34. The van der Waals surface area contributed by atoms with Gasteiger partial charge in [-0.25, -0.2) is 0 Å². The average Bonchev–Trinajstić information content (AvgIpc) is 2.20. The van der Waals surface area contributed by atoms with Crippen LogP contribution in [-0.4, -0.2) is 36.9 Å². The van der Waals surface area contributed by atoms with Crippen molar-refractivity contribution in [3.8, 4) is 0 Å². The van der Waals surface area contributed by atoms with E-state index in [1.165, 1.54) is 18.9 Å². The summed E-state index contributed by atoms with van der Waals surface area (Å²) in [6.45, 7) is 15.9. The molecule has 116 valence electrons. The van der Waals surface area contributed by atoms with Gasteiger partial charge in [0, 0.05) is 6.61 Å². The Kier molecular flexibility index (Phi) is 8.32. The maximum Gasteiger partial charge on any atom is 0.311 e. The van der Waals surface area contributed by atoms with Gasteiger partial charge in [0.05, 0.1) is 0 Å². The predicted molar refractivity (Wildman–Crippen MR) is 90.8 cm³/mol. The zero-order valence-electron chi connectivity index (χ0n) is 14.0. The zero-order valence-corrected chi connectivity index (χ0v) is 17.0. The van der Waals surface area contributed by atoms with Crippen molar-refractivity contribution in [3.05, 3.63) is 0 Å². The van der Waals surface area contributed by atoms with E-state index in [4.69, 9.17) is 13.3 Å². The van der Waals surface area contributed by atoms with Crippen LogP contribution >= 0.6 is 0 Å². The quantitative estimate of drug-likeness (QED) is 0.609. The van der Waals surface area contributed by atoms with Crippen molar-refractivity contribution in [2.75, 3.05) is 6.61 Å². The summed E-state index contributed by atoms with van der Waals surface area (Å²) in [4.78, 5) is 0. The second kappa shape index (κ2) is 8.09. The molecule has 0 heterocycles. The molecule has 0 aliphatic carbocycles. The molecule has 0 fully saturated rings. The highest BCUT2D eigenvalue weighted by molar-refractivity contribution is 6.87. The van der Waals surface area contributed by atoms with Gasteiger partial charge in [0.25, 0.3) is 0 Å². The number of hydrogen-bond donors (Lipinski definition) is 1. The van der Waals surface area contributed by atoms with Crippen molar-refractivity contribution in [3.63, 3.8) is 0 Å². The molecule has 0 aliphatic rings. The Balaban J connectivity index is 4.44. The van der Waals surface area contributed by atoms with Crippen LogP contribution in [0.15, 0.2) is 0 Å². The van der Waals surface area contributed by atoms with Crippen molar-refractivity contribution in [1.82, 2.24) is 0 Å². The number of rotatable bonds is 10. The smallest absolute Gasteiger partial charge is 0.311 e. The van der Waals surface area contributed by atoms with Crippen molar-refractivity contribution in [2.45, 2.75) is 77.6 Å². The maximum absolute atomic E-state index is 8.97. The molecule has 0 radical (unpaired) electrons. The lowest BCUT2D eigenvalue weighted by Gasteiger charge is -2.38. The van der Waals surface area contributed by atoms with E-state index in [-0.39, 0.29) is 6.61 Å². The second-order valence-corrected chi connectivity index (χ2v) is 19.5. The lowest BCUT2D eigenvalue weighted by molar-refractivity contribution is 0.291. The largest absolute Gasteiger partial charge is 0.437 e. The van der Waals surface area contributed by atoms with Gasteiger partial charge in [-0.15, -0.1) is 0 Å². The van der Waals surface area contributed by atoms with E-state index in [2.05, 4.69) is 46.2 Å². The molecular formula is C13H34O3Si3. The monoisotopic (exact) mass is 322 g/mol. The molecule has 0 aromatic carbocycles. The molecule has 0 unspecified atom stereocenters. The molecule has 19 heavy (non-hydrogen) atoms. The first-order valence-electron chi connectivity index (χ1n) is 7.55. The number of aliphatic hydroxyl groups excluding tert-OH is 1. The summed E-state index contributed by atoms with van der Waals surface area (Å²) < 4.78 is 12.9. The molecule has 0 saturated heterocycles. The van der Waals surface area contributed by atoms with E-state index in [0.717, 1.165) is 12.5 Å². The number of unbranched alkanes of at least 4 members (excludes halogenated alkanes) is 1. The van der Waals surface area contributed by atoms with Crippen LogP contribution in [0.2, 0.25) is 51.4 Å². The maximum atomic E-state index is 8.97. The van der Waals surface area contributed by atoms with Crippen LogP contribution < -0.4 is 0 Å². The standard InChI is InChI=1S/C13H34O3Si3/c1-8-9-12-17(2,3)15-19(6,7)16-18(4,5)13-10-11-14/h14H,8-13H2,1-7H3. The summed E-state index contributed by atoms with van der Waals surface area (Å²) in [5, 5.41) is 8.97. The fourth-order valence-electron chi connectivity index (χ4n) is 2.56. The van der Waals surface area contributed by atoms with Crippen LogP contribution in [0.1, 0.15) is 26.2 Å². The molecule has 0 aromatic heterocycles. The van der Waals surface area contributed by atoms with Gasteiger partial charge in [-0.2, -0.15) is 0 Å². The van der Waals surface area contributed by atoms with Gasteiger partial charge in [-0.3, -0.25) is 0 Å². The summed E-state index contributed by atoms with van der Waals surface area (Å²) >= 11 is 0. The summed E-state index contributed by atoms with van der Waals surface area (Å²) in [5.41, 5.74) is 0. The van der Waals surface area contributed by atoms with E-state index in [1.807, 2.05) is 0 Å². The van der Waals surface area contributed by atoms with Crippen LogP contribution in [0.3, 0.4) is 0 Å². The molecule has 6 heteroatoms. The minimum absolute atomic E-state index is 0.263. The predicted octanol–water partition coefficient (Wildman–Crippen LogP) is 4.31. The molecule has 3 nitrogen and oxygen atoms in total. The third-order valence-corrected chi connectivity index (χ3v) is 14.6. The van der Waals surface area contributed by atoms with Gasteiger partial charge in [0.1, 0.15) is 0 Å². The van der Waals surface area contributed by atoms with Crippen molar-refractivity contribution < 1.29 is 13.3 Å².